The van der Waals surface area contributed by atoms with Crippen LogP contribution in [0.15, 0.2) is 23.3 Å². The smallest absolute Gasteiger partial charge is 0.179 e. The van der Waals surface area contributed by atoms with Crippen molar-refractivity contribution in [3.05, 3.63) is 23.3 Å². The molecule has 0 unspecified atom stereocenters. The van der Waals surface area contributed by atoms with Crippen molar-refractivity contribution in [2.24, 2.45) is 5.73 Å². The van der Waals surface area contributed by atoms with Gasteiger partial charge in [-0.2, -0.15) is 0 Å². The summed E-state index contributed by atoms with van der Waals surface area (Å²) in [6, 6.07) is 0. The zero-order valence-corrected chi connectivity index (χ0v) is 6.30. The van der Waals surface area contributed by atoms with E-state index in [1.165, 1.54) is 0 Å². The van der Waals surface area contributed by atoms with Crippen molar-refractivity contribution in [3.63, 3.8) is 0 Å². The number of hydrogen-bond acceptors (Lipinski definition) is 3. The van der Waals surface area contributed by atoms with Crippen LogP contribution in [0.5, 0.6) is 0 Å². The first-order valence-electron chi connectivity index (χ1n) is 3.82. The standard InChI is InChI=1S/C8H11NO2/c9-6-2-1-3-7-8(6)11-5-4-10-7/h2H,1,3-5,9H2. The van der Waals surface area contributed by atoms with E-state index in [1.54, 1.807) is 0 Å². The fourth-order valence-corrected chi connectivity index (χ4v) is 1.34. The summed E-state index contributed by atoms with van der Waals surface area (Å²) in [5.74, 6) is 1.69. The number of hydrogen-bond donors (Lipinski definition) is 1. The number of ether oxygens (including phenoxy) is 2. The maximum atomic E-state index is 5.69. The van der Waals surface area contributed by atoms with E-state index in [0.717, 1.165) is 30.1 Å². The van der Waals surface area contributed by atoms with Gasteiger partial charge >= 0.3 is 0 Å². The summed E-state index contributed by atoms with van der Waals surface area (Å²) < 4.78 is 10.7. The molecule has 2 aliphatic rings. The molecule has 0 spiro atoms. The molecule has 2 N–H and O–H groups in total. The average molecular weight is 153 g/mol. The highest BCUT2D eigenvalue weighted by Crippen LogP contribution is 2.26. The van der Waals surface area contributed by atoms with Gasteiger partial charge in [0.2, 0.25) is 0 Å². The van der Waals surface area contributed by atoms with E-state index < -0.39 is 0 Å². The van der Waals surface area contributed by atoms with Crippen molar-refractivity contribution < 1.29 is 9.47 Å². The van der Waals surface area contributed by atoms with Gasteiger partial charge in [-0.3, -0.25) is 0 Å². The molecule has 0 amide bonds. The molecular weight excluding hydrogens is 142 g/mol. The summed E-state index contributed by atoms with van der Waals surface area (Å²) in [4.78, 5) is 0. The summed E-state index contributed by atoms with van der Waals surface area (Å²) >= 11 is 0. The third-order valence-corrected chi connectivity index (χ3v) is 1.86. The maximum absolute atomic E-state index is 5.69. The molecule has 0 aromatic carbocycles. The first kappa shape index (κ1) is 6.58. The first-order valence-corrected chi connectivity index (χ1v) is 3.82. The highest BCUT2D eigenvalue weighted by molar-refractivity contribution is 5.29. The highest BCUT2D eigenvalue weighted by atomic mass is 16.6. The van der Waals surface area contributed by atoms with E-state index >= 15 is 0 Å². The van der Waals surface area contributed by atoms with Gasteiger partial charge in [0.15, 0.2) is 5.76 Å². The Morgan fingerprint density at radius 3 is 2.91 bits per heavy atom. The summed E-state index contributed by atoms with van der Waals surface area (Å²) in [6.07, 6.45) is 3.87. The lowest BCUT2D eigenvalue weighted by Gasteiger charge is -2.24. The molecule has 0 bridgehead atoms. The van der Waals surface area contributed by atoms with Crippen molar-refractivity contribution in [1.29, 1.82) is 0 Å². The van der Waals surface area contributed by atoms with Gasteiger partial charge in [0, 0.05) is 6.42 Å². The van der Waals surface area contributed by atoms with Crippen molar-refractivity contribution in [1.82, 2.24) is 0 Å². The van der Waals surface area contributed by atoms with E-state index in [4.69, 9.17) is 15.2 Å². The van der Waals surface area contributed by atoms with Crippen LogP contribution >= 0.6 is 0 Å². The zero-order chi connectivity index (χ0) is 7.68. The summed E-state index contributed by atoms with van der Waals surface area (Å²) in [6.45, 7) is 1.28. The van der Waals surface area contributed by atoms with Crippen LogP contribution in [-0.4, -0.2) is 13.2 Å². The molecule has 0 saturated heterocycles. The summed E-state index contributed by atoms with van der Waals surface area (Å²) in [5.41, 5.74) is 6.42. The normalized spacial score (nSPS) is 23.1. The molecule has 1 aliphatic heterocycles. The van der Waals surface area contributed by atoms with Crippen LogP contribution in [0.2, 0.25) is 0 Å². The minimum Gasteiger partial charge on any atom is -0.490 e. The van der Waals surface area contributed by atoms with Crippen LogP contribution in [0.1, 0.15) is 12.8 Å². The molecule has 11 heavy (non-hydrogen) atoms. The predicted octanol–water partition coefficient (Wildman–Crippen LogP) is 0.881. The molecule has 0 fully saturated rings. The molecule has 0 radical (unpaired) electrons. The second kappa shape index (κ2) is 2.49. The van der Waals surface area contributed by atoms with Crippen molar-refractivity contribution in [3.8, 4) is 0 Å². The van der Waals surface area contributed by atoms with E-state index in [9.17, 15) is 0 Å². The second-order valence-corrected chi connectivity index (χ2v) is 2.65. The monoisotopic (exact) mass is 153 g/mol. The molecule has 0 atom stereocenters. The summed E-state index contributed by atoms with van der Waals surface area (Å²) in [5, 5.41) is 0. The van der Waals surface area contributed by atoms with Gasteiger partial charge < -0.3 is 15.2 Å². The van der Waals surface area contributed by atoms with Gasteiger partial charge in [-0.15, -0.1) is 0 Å². The van der Waals surface area contributed by atoms with E-state index in [-0.39, 0.29) is 0 Å². The molecule has 1 aliphatic carbocycles. The van der Waals surface area contributed by atoms with Crippen LogP contribution in [-0.2, 0) is 9.47 Å². The van der Waals surface area contributed by atoms with E-state index in [0.29, 0.717) is 13.2 Å². The van der Waals surface area contributed by atoms with Gasteiger partial charge in [0.25, 0.3) is 0 Å². The molecule has 0 aromatic rings. The van der Waals surface area contributed by atoms with Crippen LogP contribution in [0.25, 0.3) is 0 Å². The zero-order valence-electron chi connectivity index (χ0n) is 6.30. The van der Waals surface area contributed by atoms with Gasteiger partial charge in [0.05, 0.1) is 5.70 Å². The van der Waals surface area contributed by atoms with Gasteiger partial charge in [0.1, 0.15) is 19.0 Å². The number of rotatable bonds is 0. The fraction of sp³-hybridized carbons (Fsp3) is 0.500. The van der Waals surface area contributed by atoms with Gasteiger partial charge in [-0.1, -0.05) is 6.08 Å². The molecule has 3 heteroatoms. The Labute approximate surface area is 65.5 Å². The van der Waals surface area contributed by atoms with Crippen LogP contribution in [0, 0.1) is 0 Å². The largest absolute Gasteiger partial charge is 0.490 e. The highest BCUT2D eigenvalue weighted by Gasteiger charge is 2.19. The van der Waals surface area contributed by atoms with Crippen molar-refractivity contribution in [2.45, 2.75) is 12.8 Å². The molecular formula is C8H11NO2. The van der Waals surface area contributed by atoms with Gasteiger partial charge in [-0.25, -0.2) is 0 Å². The predicted molar refractivity (Wildman–Crippen MR) is 40.4 cm³/mol. The minimum absolute atomic E-state index is 0.618. The van der Waals surface area contributed by atoms with Crippen LogP contribution in [0.4, 0.5) is 0 Å². The van der Waals surface area contributed by atoms with Crippen molar-refractivity contribution in [2.75, 3.05) is 13.2 Å². The second-order valence-electron chi connectivity index (χ2n) is 2.65. The first-order chi connectivity index (χ1) is 5.38. The number of allylic oxidation sites excluding steroid dienone is 2. The lowest BCUT2D eigenvalue weighted by Crippen LogP contribution is -2.20. The SMILES string of the molecule is NC1=CCCC2=C1OCCO2. The Kier molecular flexibility index (Phi) is 1.49. The Bertz CT molecular complexity index is 230. The molecule has 3 nitrogen and oxygen atoms in total. The van der Waals surface area contributed by atoms with Crippen LogP contribution < -0.4 is 5.73 Å². The molecule has 1 heterocycles. The third-order valence-electron chi connectivity index (χ3n) is 1.86. The fourth-order valence-electron chi connectivity index (χ4n) is 1.34. The Morgan fingerprint density at radius 2 is 2.09 bits per heavy atom. The Balaban J connectivity index is 2.29. The topological polar surface area (TPSA) is 44.5 Å². The van der Waals surface area contributed by atoms with E-state index in [1.807, 2.05) is 6.08 Å². The molecule has 60 valence electrons. The maximum Gasteiger partial charge on any atom is 0.179 e. The molecule has 2 rings (SSSR count). The lowest BCUT2D eigenvalue weighted by molar-refractivity contribution is 0.0601. The number of nitrogens with two attached hydrogens (primary N) is 1. The van der Waals surface area contributed by atoms with E-state index in [2.05, 4.69) is 0 Å². The molecule has 0 saturated carbocycles. The minimum atomic E-state index is 0.618. The van der Waals surface area contributed by atoms with Crippen LogP contribution in [0.3, 0.4) is 0 Å². The van der Waals surface area contributed by atoms with Gasteiger partial charge in [-0.05, 0) is 6.42 Å². The molecule has 0 aromatic heterocycles. The Morgan fingerprint density at radius 1 is 1.27 bits per heavy atom. The Hall–Kier alpha value is -1.12. The van der Waals surface area contributed by atoms with Crippen molar-refractivity contribution >= 4 is 0 Å². The summed E-state index contributed by atoms with van der Waals surface area (Å²) in [7, 11) is 0. The lowest BCUT2D eigenvalue weighted by atomic mass is 10.1. The quantitative estimate of drug-likeness (QED) is 0.562. The average Bonchev–Trinajstić information content (AvgIpc) is 2.06. The third kappa shape index (κ3) is 1.06.